The van der Waals surface area contributed by atoms with Gasteiger partial charge in [-0.25, -0.2) is 0 Å². The molecule has 0 saturated heterocycles. The standard InChI is InChI=1S/C14H15NO.ClH/c1-16-14-9-6-12(7-10-14)5-8-13-4-2-3-11-15-13;/h2-4,6-7,9-11H,5,8H2,1H3;1H. The van der Waals surface area contributed by atoms with Crippen molar-refractivity contribution in [3.05, 3.63) is 59.9 Å². The predicted octanol–water partition coefficient (Wildman–Crippen LogP) is 3.30. The van der Waals surface area contributed by atoms with Crippen molar-refractivity contribution in [1.29, 1.82) is 0 Å². The highest BCUT2D eigenvalue weighted by atomic mass is 35.5. The summed E-state index contributed by atoms with van der Waals surface area (Å²) < 4.78 is 5.12. The Bertz CT molecular complexity index is 428. The largest absolute Gasteiger partial charge is 0.497 e. The topological polar surface area (TPSA) is 22.1 Å². The van der Waals surface area contributed by atoms with Crippen LogP contribution in [0.25, 0.3) is 0 Å². The number of rotatable bonds is 4. The number of nitrogens with zero attached hydrogens (tertiary/aromatic N) is 1. The molecule has 1 aromatic carbocycles. The van der Waals surface area contributed by atoms with Gasteiger partial charge in [0, 0.05) is 11.9 Å². The monoisotopic (exact) mass is 249 g/mol. The molecular weight excluding hydrogens is 234 g/mol. The summed E-state index contributed by atoms with van der Waals surface area (Å²) in [5, 5.41) is 0. The lowest BCUT2D eigenvalue weighted by molar-refractivity contribution is 0.414. The molecule has 0 amide bonds. The fraction of sp³-hybridized carbons (Fsp3) is 0.214. The summed E-state index contributed by atoms with van der Waals surface area (Å²) in [7, 11) is 1.68. The van der Waals surface area contributed by atoms with Gasteiger partial charge in [-0.3, -0.25) is 4.98 Å². The molecule has 2 nitrogen and oxygen atoms in total. The molecule has 0 N–H and O–H groups in total. The van der Waals surface area contributed by atoms with Gasteiger partial charge in [-0.1, -0.05) is 18.2 Å². The Morgan fingerprint density at radius 2 is 1.76 bits per heavy atom. The van der Waals surface area contributed by atoms with Crippen LogP contribution in [0.3, 0.4) is 0 Å². The molecule has 0 bridgehead atoms. The molecule has 1 heterocycles. The van der Waals surface area contributed by atoms with Crippen LogP contribution in [0.2, 0.25) is 0 Å². The van der Waals surface area contributed by atoms with E-state index in [0.717, 1.165) is 24.3 Å². The van der Waals surface area contributed by atoms with Gasteiger partial charge >= 0.3 is 0 Å². The maximum Gasteiger partial charge on any atom is 0.118 e. The van der Waals surface area contributed by atoms with E-state index in [2.05, 4.69) is 23.2 Å². The molecule has 3 heteroatoms. The number of halogens is 1. The molecular formula is C14H16ClNO. The summed E-state index contributed by atoms with van der Waals surface area (Å²) in [5.74, 6) is 0.904. The Morgan fingerprint density at radius 3 is 2.35 bits per heavy atom. The number of hydrogen-bond donors (Lipinski definition) is 0. The highest BCUT2D eigenvalue weighted by Gasteiger charge is 1.97. The Labute approximate surface area is 108 Å². The van der Waals surface area contributed by atoms with Crippen LogP contribution in [-0.2, 0) is 12.8 Å². The first-order valence-electron chi connectivity index (χ1n) is 5.41. The van der Waals surface area contributed by atoms with Gasteiger partial charge in [-0.2, -0.15) is 0 Å². The van der Waals surface area contributed by atoms with Crippen LogP contribution in [0.1, 0.15) is 11.3 Å². The van der Waals surface area contributed by atoms with Crippen molar-refractivity contribution in [1.82, 2.24) is 4.98 Å². The minimum Gasteiger partial charge on any atom is -0.497 e. The molecule has 0 aliphatic heterocycles. The van der Waals surface area contributed by atoms with E-state index in [0.29, 0.717) is 0 Å². The average Bonchev–Trinajstić information content (AvgIpc) is 2.38. The predicted molar refractivity (Wildman–Crippen MR) is 71.9 cm³/mol. The van der Waals surface area contributed by atoms with Crippen LogP contribution in [0, 0.1) is 0 Å². The molecule has 0 aliphatic rings. The number of aromatic nitrogens is 1. The Balaban J connectivity index is 0.00000144. The zero-order valence-electron chi connectivity index (χ0n) is 9.80. The highest BCUT2D eigenvalue weighted by Crippen LogP contribution is 2.12. The fourth-order valence-corrected chi connectivity index (χ4v) is 1.61. The summed E-state index contributed by atoms with van der Waals surface area (Å²) in [6.45, 7) is 0. The van der Waals surface area contributed by atoms with E-state index in [1.54, 1.807) is 7.11 Å². The zero-order chi connectivity index (χ0) is 11.2. The zero-order valence-corrected chi connectivity index (χ0v) is 10.6. The summed E-state index contributed by atoms with van der Waals surface area (Å²) in [5.41, 5.74) is 2.45. The van der Waals surface area contributed by atoms with Crippen molar-refractivity contribution in [2.45, 2.75) is 12.8 Å². The first-order chi connectivity index (χ1) is 7.88. The second-order valence-corrected chi connectivity index (χ2v) is 3.67. The lowest BCUT2D eigenvalue weighted by Crippen LogP contribution is -1.93. The minimum absolute atomic E-state index is 0. The number of hydrogen-bond acceptors (Lipinski definition) is 2. The molecule has 0 spiro atoms. The summed E-state index contributed by atoms with van der Waals surface area (Å²) >= 11 is 0. The minimum atomic E-state index is 0. The maximum atomic E-state index is 5.12. The van der Waals surface area contributed by atoms with Crippen molar-refractivity contribution in [2.24, 2.45) is 0 Å². The number of benzene rings is 1. The van der Waals surface area contributed by atoms with Crippen LogP contribution in [0.15, 0.2) is 48.7 Å². The smallest absolute Gasteiger partial charge is 0.118 e. The Kier molecular flexibility index (Phi) is 5.50. The third-order valence-corrected chi connectivity index (χ3v) is 2.56. The van der Waals surface area contributed by atoms with Crippen LogP contribution in [0.4, 0.5) is 0 Å². The molecule has 0 radical (unpaired) electrons. The fourth-order valence-electron chi connectivity index (χ4n) is 1.61. The van der Waals surface area contributed by atoms with Crippen molar-refractivity contribution < 1.29 is 4.74 Å². The quantitative estimate of drug-likeness (QED) is 0.830. The molecule has 1 aromatic heterocycles. The van der Waals surface area contributed by atoms with Crippen LogP contribution in [0.5, 0.6) is 5.75 Å². The van der Waals surface area contributed by atoms with Crippen molar-refractivity contribution in [3.8, 4) is 5.75 Å². The maximum absolute atomic E-state index is 5.12. The lowest BCUT2D eigenvalue weighted by atomic mass is 10.1. The molecule has 17 heavy (non-hydrogen) atoms. The molecule has 0 atom stereocenters. The SMILES string of the molecule is COc1ccc(CCc2ccccn2)cc1.Cl. The molecule has 0 unspecified atom stereocenters. The molecule has 0 fully saturated rings. The van der Waals surface area contributed by atoms with Gasteiger partial charge in [-0.05, 0) is 42.7 Å². The Hall–Kier alpha value is -1.54. The molecule has 2 aromatic rings. The van der Waals surface area contributed by atoms with Crippen LogP contribution < -0.4 is 4.74 Å². The van der Waals surface area contributed by atoms with E-state index in [9.17, 15) is 0 Å². The first kappa shape index (κ1) is 13.5. The van der Waals surface area contributed by atoms with Gasteiger partial charge in [-0.15, -0.1) is 12.4 Å². The van der Waals surface area contributed by atoms with E-state index >= 15 is 0 Å². The van der Waals surface area contributed by atoms with Gasteiger partial charge in [0.15, 0.2) is 0 Å². The van der Waals surface area contributed by atoms with E-state index in [4.69, 9.17) is 4.74 Å². The van der Waals surface area contributed by atoms with Gasteiger partial charge in [0.05, 0.1) is 7.11 Å². The van der Waals surface area contributed by atoms with Crippen molar-refractivity contribution in [3.63, 3.8) is 0 Å². The second kappa shape index (κ2) is 6.92. The summed E-state index contributed by atoms with van der Waals surface area (Å²) in [6.07, 6.45) is 3.83. The second-order valence-electron chi connectivity index (χ2n) is 3.67. The van der Waals surface area contributed by atoms with Gasteiger partial charge in [0.25, 0.3) is 0 Å². The summed E-state index contributed by atoms with van der Waals surface area (Å²) in [4.78, 5) is 4.30. The third-order valence-electron chi connectivity index (χ3n) is 2.56. The highest BCUT2D eigenvalue weighted by molar-refractivity contribution is 5.85. The van der Waals surface area contributed by atoms with E-state index in [1.807, 2.05) is 30.5 Å². The number of aryl methyl sites for hydroxylation is 2. The molecule has 0 aliphatic carbocycles. The number of methoxy groups -OCH3 is 1. The third kappa shape index (κ3) is 4.08. The van der Waals surface area contributed by atoms with E-state index in [1.165, 1.54) is 5.56 Å². The van der Waals surface area contributed by atoms with Crippen LogP contribution in [-0.4, -0.2) is 12.1 Å². The molecule has 90 valence electrons. The van der Waals surface area contributed by atoms with Gasteiger partial charge < -0.3 is 4.74 Å². The molecule has 2 rings (SSSR count). The van der Waals surface area contributed by atoms with E-state index in [-0.39, 0.29) is 12.4 Å². The number of pyridine rings is 1. The van der Waals surface area contributed by atoms with Crippen LogP contribution >= 0.6 is 12.4 Å². The Morgan fingerprint density at radius 1 is 1.00 bits per heavy atom. The lowest BCUT2D eigenvalue weighted by Gasteiger charge is -2.03. The average molecular weight is 250 g/mol. The summed E-state index contributed by atoms with van der Waals surface area (Å²) in [6, 6.07) is 14.2. The first-order valence-corrected chi connectivity index (χ1v) is 5.41. The normalized spacial score (nSPS) is 9.47. The van der Waals surface area contributed by atoms with Gasteiger partial charge in [0.1, 0.15) is 5.75 Å². The van der Waals surface area contributed by atoms with E-state index < -0.39 is 0 Å². The van der Waals surface area contributed by atoms with Crippen molar-refractivity contribution >= 4 is 12.4 Å². The molecule has 0 saturated carbocycles. The van der Waals surface area contributed by atoms with Crippen molar-refractivity contribution in [2.75, 3.05) is 7.11 Å². The van der Waals surface area contributed by atoms with Gasteiger partial charge in [0.2, 0.25) is 0 Å². The number of ether oxygens (including phenoxy) is 1.